The lowest BCUT2D eigenvalue weighted by atomic mass is 10.2. The lowest BCUT2D eigenvalue weighted by Gasteiger charge is -2.04. The molecule has 0 spiro atoms. The minimum Gasteiger partial charge on any atom is -0.506 e. The van der Waals surface area contributed by atoms with Crippen molar-refractivity contribution in [3.8, 4) is 5.75 Å². The summed E-state index contributed by atoms with van der Waals surface area (Å²) in [5, 5.41) is 14.9. The Morgan fingerprint density at radius 2 is 1.75 bits per heavy atom. The molecule has 5 nitrogen and oxygen atoms in total. The quantitative estimate of drug-likeness (QED) is 0.246. The normalized spacial score (nSPS) is 11.1. The summed E-state index contributed by atoms with van der Waals surface area (Å²) in [5.74, 6) is 0.0574. The van der Waals surface area contributed by atoms with Gasteiger partial charge < -0.3 is 9.52 Å². The number of hydrogen-bond donors (Lipinski definition) is 2. The Kier molecular flexibility index (Phi) is 7.27. The van der Waals surface area contributed by atoms with Gasteiger partial charge in [0.25, 0.3) is 5.91 Å². The minimum atomic E-state index is -0.431. The van der Waals surface area contributed by atoms with Gasteiger partial charge in [-0.25, -0.2) is 5.43 Å². The second kappa shape index (κ2) is 9.49. The Balaban J connectivity index is 1.66. The highest BCUT2D eigenvalue weighted by Crippen LogP contribution is 2.36. The van der Waals surface area contributed by atoms with Crippen molar-refractivity contribution < 1.29 is 14.3 Å². The van der Waals surface area contributed by atoms with Gasteiger partial charge in [-0.2, -0.15) is 5.10 Å². The van der Waals surface area contributed by atoms with Crippen molar-refractivity contribution in [2.24, 2.45) is 5.10 Å². The third-order valence-corrected chi connectivity index (χ3v) is 6.64. The zero-order valence-electron chi connectivity index (χ0n) is 13.7. The zero-order chi connectivity index (χ0) is 20.3. The summed E-state index contributed by atoms with van der Waals surface area (Å²) in [5.41, 5.74) is 2.74. The summed E-state index contributed by atoms with van der Waals surface area (Å²) in [7, 11) is 0. The molecule has 0 aliphatic carbocycles. The van der Waals surface area contributed by atoms with Crippen LogP contribution in [0.25, 0.3) is 0 Å². The van der Waals surface area contributed by atoms with E-state index in [0.717, 1.165) is 9.37 Å². The molecule has 0 fully saturated rings. The summed E-state index contributed by atoms with van der Waals surface area (Å²) >= 11 is 17.1. The number of furan rings is 1. The summed E-state index contributed by atoms with van der Waals surface area (Å²) in [6.07, 6.45) is 1.40. The van der Waals surface area contributed by atoms with Gasteiger partial charge in [-0.05, 0) is 84.2 Å². The number of phenolic OH excluding ortho intramolecular Hbond substituents is 1. The van der Waals surface area contributed by atoms with Crippen LogP contribution in [0.1, 0.15) is 16.1 Å². The highest BCUT2D eigenvalue weighted by molar-refractivity contribution is 9.11. The average molecular weight is 610 g/mol. The monoisotopic (exact) mass is 606 g/mol. The van der Waals surface area contributed by atoms with Gasteiger partial charge in [0.1, 0.15) is 11.5 Å². The number of hydrogen-bond acceptors (Lipinski definition) is 5. The lowest BCUT2D eigenvalue weighted by molar-refractivity contribution is 0.0955. The highest BCUT2D eigenvalue weighted by Gasteiger charge is 2.12. The maximum Gasteiger partial charge on any atom is 0.271 e. The van der Waals surface area contributed by atoms with Crippen LogP contribution < -0.4 is 5.43 Å². The SMILES string of the molecule is O=C(NN=Cc1cc(Br)c(Sc2ccc(Cl)cc2)o1)c1cc(Br)c(O)c(Br)c1. The van der Waals surface area contributed by atoms with E-state index >= 15 is 0 Å². The molecule has 0 atom stereocenters. The number of hydrazone groups is 1. The predicted octanol–water partition coefficient (Wildman–Crippen LogP) is 6.84. The second-order valence-corrected chi connectivity index (χ2v) is 9.37. The molecule has 2 aromatic carbocycles. The molecular weight excluding hydrogens is 599 g/mol. The molecule has 0 radical (unpaired) electrons. The number of carbonyl (C=O) groups is 1. The number of aromatic hydroxyl groups is 1. The first-order chi connectivity index (χ1) is 13.3. The second-order valence-electron chi connectivity index (χ2n) is 5.33. The summed E-state index contributed by atoms with van der Waals surface area (Å²) < 4.78 is 7.29. The van der Waals surface area contributed by atoms with Crippen molar-refractivity contribution in [1.29, 1.82) is 0 Å². The van der Waals surface area contributed by atoms with Crippen molar-refractivity contribution in [1.82, 2.24) is 5.43 Å². The number of nitrogens with zero attached hydrogens (tertiary/aromatic N) is 1. The van der Waals surface area contributed by atoms with Crippen LogP contribution in [0.15, 0.2) is 75.4 Å². The molecule has 0 aliphatic heterocycles. The van der Waals surface area contributed by atoms with E-state index < -0.39 is 5.91 Å². The molecule has 10 heteroatoms. The Labute approximate surface area is 194 Å². The summed E-state index contributed by atoms with van der Waals surface area (Å²) in [4.78, 5) is 13.2. The van der Waals surface area contributed by atoms with Gasteiger partial charge >= 0.3 is 0 Å². The van der Waals surface area contributed by atoms with Crippen molar-refractivity contribution in [3.05, 3.63) is 72.2 Å². The number of nitrogens with one attached hydrogen (secondary N) is 1. The fourth-order valence-electron chi connectivity index (χ4n) is 2.03. The summed E-state index contributed by atoms with van der Waals surface area (Å²) in [6.45, 7) is 0. The molecule has 0 saturated carbocycles. The Morgan fingerprint density at radius 3 is 2.39 bits per heavy atom. The fourth-order valence-corrected chi connectivity index (χ4v) is 4.67. The van der Waals surface area contributed by atoms with Crippen molar-refractivity contribution >= 4 is 83.3 Å². The number of amides is 1. The first-order valence-electron chi connectivity index (χ1n) is 7.57. The number of benzene rings is 2. The fraction of sp³-hybridized carbons (Fsp3) is 0. The average Bonchev–Trinajstić information content (AvgIpc) is 3.00. The Morgan fingerprint density at radius 1 is 1.11 bits per heavy atom. The van der Waals surface area contributed by atoms with Crippen LogP contribution in [0, 0.1) is 0 Å². The number of phenols is 1. The van der Waals surface area contributed by atoms with Crippen LogP contribution in [0.5, 0.6) is 5.75 Å². The summed E-state index contributed by atoms with van der Waals surface area (Å²) in [6, 6.07) is 12.1. The van der Waals surface area contributed by atoms with Gasteiger partial charge in [-0.1, -0.05) is 23.4 Å². The topological polar surface area (TPSA) is 74.8 Å². The van der Waals surface area contributed by atoms with Gasteiger partial charge in [0.15, 0.2) is 5.09 Å². The first kappa shape index (κ1) is 21.4. The number of carbonyl (C=O) groups excluding carboxylic acids is 1. The Hall–Kier alpha value is -1.26. The van der Waals surface area contributed by atoms with E-state index in [2.05, 4.69) is 58.3 Å². The molecule has 1 amide bonds. The van der Waals surface area contributed by atoms with Crippen LogP contribution in [-0.4, -0.2) is 17.2 Å². The van der Waals surface area contributed by atoms with Gasteiger partial charge in [-0.15, -0.1) is 0 Å². The number of rotatable bonds is 5. The third kappa shape index (κ3) is 5.42. The Bertz CT molecular complexity index is 1030. The van der Waals surface area contributed by atoms with Crippen molar-refractivity contribution in [3.63, 3.8) is 0 Å². The van der Waals surface area contributed by atoms with Crippen molar-refractivity contribution in [2.45, 2.75) is 9.99 Å². The molecule has 3 rings (SSSR count). The predicted molar refractivity (Wildman–Crippen MR) is 121 cm³/mol. The molecular formula is C18H10Br3ClN2O3S. The molecule has 28 heavy (non-hydrogen) atoms. The van der Waals surface area contributed by atoms with E-state index in [1.165, 1.54) is 30.1 Å². The van der Waals surface area contributed by atoms with Gasteiger partial charge in [-0.3, -0.25) is 4.79 Å². The van der Waals surface area contributed by atoms with Crippen LogP contribution in [0.2, 0.25) is 5.02 Å². The molecule has 0 aliphatic rings. The van der Waals surface area contributed by atoms with E-state index in [9.17, 15) is 9.90 Å². The molecule has 3 aromatic rings. The highest BCUT2D eigenvalue weighted by atomic mass is 79.9. The molecule has 0 saturated heterocycles. The molecule has 144 valence electrons. The molecule has 0 bridgehead atoms. The van der Waals surface area contributed by atoms with Crippen LogP contribution >= 0.6 is 71.2 Å². The van der Waals surface area contributed by atoms with E-state index in [4.69, 9.17) is 16.0 Å². The van der Waals surface area contributed by atoms with Gasteiger partial charge in [0, 0.05) is 21.5 Å². The maximum absolute atomic E-state index is 12.2. The van der Waals surface area contributed by atoms with Gasteiger partial charge in [0.2, 0.25) is 0 Å². The van der Waals surface area contributed by atoms with Crippen LogP contribution in [-0.2, 0) is 0 Å². The largest absolute Gasteiger partial charge is 0.506 e. The number of halogens is 4. The van der Waals surface area contributed by atoms with Gasteiger partial charge in [0.05, 0.1) is 19.6 Å². The lowest BCUT2D eigenvalue weighted by Crippen LogP contribution is -2.17. The van der Waals surface area contributed by atoms with E-state index in [1.807, 2.05) is 12.1 Å². The van der Waals surface area contributed by atoms with E-state index in [1.54, 1.807) is 18.2 Å². The molecule has 0 unspecified atom stereocenters. The third-order valence-electron chi connectivity index (χ3n) is 3.34. The smallest absolute Gasteiger partial charge is 0.271 e. The van der Waals surface area contributed by atoms with Crippen molar-refractivity contribution in [2.75, 3.05) is 0 Å². The maximum atomic E-state index is 12.2. The standard InChI is InChI=1S/C18H10Br3ClN2O3S/c19-13-5-9(6-14(20)16(13)25)17(26)24-23-8-11-7-15(21)18(27-11)28-12-3-1-10(22)2-4-12/h1-8,25H,(H,24,26). The molecule has 1 heterocycles. The molecule has 1 aromatic heterocycles. The zero-order valence-corrected chi connectivity index (χ0v) is 20.1. The van der Waals surface area contributed by atoms with E-state index in [0.29, 0.717) is 30.4 Å². The molecule has 2 N–H and O–H groups in total. The minimum absolute atomic E-state index is 0.0196. The van der Waals surface area contributed by atoms with Crippen LogP contribution in [0.4, 0.5) is 0 Å². The van der Waals surface area contributed by atoms with E-state index in [-0.39, 0.29) is 5.75 Å². The van der Waals surface area contributed by atoms with Crippen LogP contribution in [0.3, 0.4) is 0 Å². The first-order valence-corrected chi connectivity index (χ1v) is 11.1.